The molecule has 0 amide bonds. The first-order valence-electron chi connectivity index (χ1n) is 5.45. The van der Waals surface area contributed by atoms with Crippen molar-refractivity contribution in [1.82, 2.24) is 0 Å². The molecule has 2 N–H and O–H groups in total. The van der Waals surface area contributed by atoms with E-state index in [0.717, 1.165) is 24.8 Å². The second-order valence-electron chi connectivity index (χ2n) is 4.83. The van der Waals surface area contributed by atoms with Crippen molar-refractivity contribution < 1.29 is 8.42 Å². The van der Waals surface area contributed by atoms with Crippen LogP contribution in [0.5, 0.6) is 0 Å². The van der Waals surface area contributed by atoms with Crippen LogP contribution in [0.2, 0.25) is 0 Å². The third-order valence-corrected chi connectivity index (χ3v) is 4.43. The Hall–Kier alpha value is -1.03. The fraction of sp³-hybridized carbons (Fsp3) is 0.500. The van der Waals surface area contributed by atoms with Crippen LogP contribution in [0, 0.1) is 0 Å². The molecule has 88 valence electrons. The first kappa shape index (κ1) is 11.5. The molecule has 0 saturated heterocycles. The topological polar surface area (TPSA) is 60.2 Å². The maximum atomic E-state index is 11.5. The lowest BCUT2D eigenvalue weighted by atomic mass is 9.66. The molecule has 0 radical (unpaired) electrons. The van der Waals surface area contributed by atoms with Crippen LogP contribution in [0.25, 0.3) is 0 Å². The molecule has 1 aliphatic carbocycles. The Morgan fingerprint density at radius 3 is 2.50 bits per heavy atom. The number of benzene rings is 1. The zero-order valence-electron chi connectivity index (χ0n) is 9.44. The Kier molecular flexibility index (Phi) is 2.70. The van der Waals surface area contributed by atoms with Crippen molar-refractivity contribution in [3.63, 3.8) is 0 Å². The molecule has 1 aromatic rings. The highest BCUT2D eigenvalue weighted by atomic mass is 32.2. The van der Waals surface area contributed by atoms with Gasteiger partial charge in [0.15, 0.2) is 0 Å². The van der Waals surface area contributed by atoms with Crippen LogP contribution in [0.15, 0.2) is 24.3 Å². The number of hydrogen-bond donors (Lipinski definition) is 1. The molecule has 3 nitrogen and oxygen atoms in total. The molecule has 0 aromatic heterocycles. The summed E-state index contributed by atoms with van der Waals surface area (Å²) >= 11 is 0. The molecule has 0 spiro atoms. The first-order valence-corrected chi connectivity index (χ1v) is 7.51. The predicted octanol–water partition coefficient (Wildman–Crippen LogP) is 1.74. The largest absolute Gasteiger partial charge is 0.399 e. The standard InChI is InChI=1S/C12H17NO2S/c1-16(14,15)9-12(6-3-7-12)10-4-2-5-11(13)8-10/h2,4-5,8H,3,6-7,9,13H2,1H3. The van der Waals surface area contributed by atoms with Crippen molar-refractivity contribution in [2.24, 2.45) is 0 Å². The molecule has 1 aliphatic rings. The van der Waals surface area contributed by atoms with Gasteiger partial charge in [-0.25, -0.2) is 8.42 Å². The summed E-state index contributed by atoms with van der Waals surface area (Å²) in [6, 6.07) is 7.62. The Balaban J connectivity index is 2.35. The van der Waals surface area contributed by atoms with Crippen LogP contribution < -0.4 is 5.73 Å². The Morgan fingerprint density at radius 1 is 1.38 bits per heavy atom. The monoisotopic (exact) mass is 239 g/mol. The number of rotatable bonds is 3. The van der Waals surface area contributed by atoms with Crippen LogP contribution in [0.4, 0.5) is 5.69 Å². The number of nitrogen functional groups attached to an aromatic ring is 1. The van der Waals surface area contributed by atoms with Gasteiger partial charge in [0.2, 0.25) is 0 Å². The van der Waals surface area contributed by atoms with Gasteiger partial charge in [0.1, 0.15) is 9.84 Å². The lowest BCUT2D eigenvalue weighted by molar-refractivity contribution is 0.275. The average molecular weight is 239 g/mol. The minimum Gasteiger partial charge on any atom is -0.399 e. The minimum atomic E-state index is -2.94. The number of nitrogens with two attached hydrogens (primary N) is 1. The van der Waals surface area contributed by atoms with Crippen molar-refractivity contribution in [3.05, 3.63) is 29.8 Å². The fourth-order valence-electron chi connectivity index (χ4n) is 2.49. The molecule has 4 heteroatoms. The average Bonchev–Trinajstić information content (AvgIpc) is 2.10. The second kappa shape index (κ2) is 3.77. The maximum Gasteiger partial charge on any atom is 0.148 e. The quantitative estimate of drug-likeness (QED) is 0.817. The highest BCUT2D eigenvalue weighted by Gasteiger charge is 2.41. The van der Waals surface area contributed by atoms with Gasteiger partial charge in [-0.15, -0.1) is 0 Å². The van der Waals surface area contributed by atoms with E-state index in [1.165, 1.54) is 6.26 Å². The molecule has 0 aliphatic heterocycles. The molecule has 1 aromatic carbocycles. The van der Waals surface area contributed by atoms with Gasteiger partial charge < -0.3 is 5.73 Å². The molecule has 1 fully saturated rings. The van der Waals surface area contributed by atoms with Gasteiger partial charge in [-0.05, 0) is 30.5 Å². The summed E-state index contributed by atoms with van der Waals surface area (Å²) in [6.07, 6.45) is 4.30. The van der Waals surface area contributed by atoms with Crippen molar-refractivity contribution in [2.45, 2.75) is 24.7 Å². The van der Waals surface area contributed by atoms with Gasteiger partial charge in [-0.2, -0.15) is 0 Å². The van der Waals surface area contributed by atoms with Gasteiger partial charge in [0, 0.05) is 17.4 Å². The van der Waals surface area contributed by atoms with E-state index in [0.29, 0.717) is 5.69 Å². The van der Waals surface area contributed by atoms with Gasteiger partial charge in [0.05, 0.1) is 5.75 Å². The van der Waals surface area contributed by atoms with E-state index in [9.17, 15) is 8.42 Å². The van der Waals surface area contributed by atoms with Gasteiger partial charge in [-0.1, -0.05) is 18.6 Å². The lowest BCUT2D eigenvalue weighted by Crippen LogP contribution is -2.40. The van der Waals surface area contributed by atoms with E-state index >= 15 is 0 Å². The molecule has 1 saturated carbocycles. The summed E-state index contributed by atoms with van der Waals surface area (Å²) in [4.78, 5) is 0. The van der Waals surface area contributed by atoms with Crippen LogP contribution >= 0.6 is 0 Å². The third kappa shape index (κ3) is 2.21. The van der Waals surface area contributed by atoms with Crippen molar-refractivity contribution in [2.75, 3.05) is 17.7 Å². The van der Waals surface area contributed by atoms with E-state index in [-0.39, 0.29) is 11.2 Å². The number of anilines is 1. The summed E-state index contributed by atoms with van der Waals surface area (Å²) in [6.45, 7) is 0. The Morgan fingerprint density at radius 2 is 2.06 bits per heavy atom. The molecular formula is C12H17NO2S. The molecule has 2 rings (SSSR count). The zero-order valence-corrected chi connectivity index (χ0v) is 10.3. The van der Waals surface area contributed by atoms with Crippen molar-refractivity contribution in [3.8, 4) is 0 Å². The van der Waals surface area contributed by atoms with Crippen LogP contribution in [0.1, 0.15) is 24.8 Å². The van der Waals surface area contributed by atoms with Crippen LogP contribution in [0.3, 0.4) is 0 Å². The van der Waals surface area contributed by atoms with Crippen molar-refractivity contribution >= 4 is 15.5 Å². The lowest BCUT2D eigenvalue weighted by Gasteiger charge is -2.42. The van der Waals surface area contributed by atoms with E-state index in [1.807, 2.05) is 24.3 Å². The summed E-state index contributed by atoms with van der Waals surface area (Å²) in [5, 5.41) is 0. The second-order valence-corrected chi connectivity index (χ2v) is 6.97. The highest BCUT2D eigenvalue weighted by Crippen LogP contribution is 2.45. The fourth-order valence-corrected chi connectivity index (χ4v) is 3.95. The van der Waals surface area contributed by atoms with Crippen molar-refractivity contribution in [1.29, 1.82) is 0 Å². The SMILES string of the molecule is CS(=O)(=O)CC1(c2cccc(N)c2)CCC1. The van der Waals surface area contributed by atoms with E-state index in [2.05, 4.69) is 0 Å². The zero-order chi connectivity index (χ0) is 11.8. The normalized spacial score (nSPS) is 19.1. The van der Waals surface area contributed by atoms with Gasteiger partial charge >= 0.3 is 0 Å². The molecular weight excluding hydrogens is 222 g/mol. The van der Waals surface area contributed by atoms with Crippen LogP contribution in [-0.4, -0.2) is 20.4 Å². The van der Waals surface area contributed by atoms with E-state index < -0.39 is 9.84 Å². The summed E-state index contributed by atoms with van der Waals surface area (Å²) in [5.74, 6) is 0.240. The third-order valence-electron chi connectivity index (χ3n) is 3.35. The Labute approximate surface area is 96.6 Å². The van der Waals surface area contributed by atoms with Gasteiger partial charge in [0.25, 0.3) is 0 Å². The highest BCUT2D eigenvalue weighted by molar-refractivity contribution is 7.90. The molecule has 16 heavy (non-hydrogen) atoms. The molecule has 0 heterocycles. The van der Waals surface area contributed by atoms with E-state index in [1.54, 1.807) is 0 Å². The number of hydrogen-bond acceptors (Lipinski definition) is 3. The molecule has 0 unspecified atom stereocenters. The van der Waals surface area contributed by atoms with Gasteiger partial charge in [-0.3, -0.25) is 0 Å². The molecule has 0 atom stereocenters. The van der Waals surface area contributed by atoms with Crippen LogP contribution in [-0.2, 0) is 15.3 Å². The maximum absolute atomic E-state index is 11.5. The smallest absolute Gasteiger partial charge is 0.148 e. The Bertz CT molecular complexity index is 489. The molecule has 0 bridgehead atoms. The summed E-state index contributed by atoms with van der Waals surface area (Å²) in [5.41, 5.74) is 7.35. The number of sulfone groups is 1. The predicted molar refractivity (Wildman–Crippen MR) is 66.1 cm³/mol. The summed E-state index contributed by atoms with van der Waals surface area (Å²) in [7, 11) is -2.94. The van der Waals surface area contributed by atoms with E-state index in [4.69, 9.17) is 5.73 Å². The summed E-state index contributed by atoms with van der Waals surface area (Å²) < 4.78 is 22.9. The minimum absolute atomic E-state index is 0.178. The first-order chi connectivity index (χ1) is 7.41.